The molecule has 1 heterocycles. The number of hydrogen-bond donors (Lipinski definition) is 1. The van der Waals surface area contributed by atoms with Gasteiger partial charge < -0.3 is 5.11 Å². The minimum absolute atomic E-state index is 0.0965. The van der Waals surface area contributed by atoms with Crippen LogP contribution in [0.15, 0.2) is 17.3 Å². The lowest BCUT2D eigenvalue weighted by Gasteiger charge is -2.33. The lowest BCUT2D eigenvalue weighted by molar-refractivity contribution is 0.0463. The van der Waals surface area contributed by atoms with E-state index in [9.17, 15) is 13.5 Å². The summed E-state index contributed by atoms with van der Waals surface area (Å²) in [6, 6.07) is -0.0965. The third-order valence-corrected chi connectivity index (χ3v) is 5.00. The number of aliphatic hydroxyl groups is 1. The summed E-state index contributed by atoms with van der Waals surface area (Å²) in [5.41, 5.74) is 0. The number of sulfone groups is 1. The Kier molecular flexibility index (Phi) is 4.30. The zero-order valence-electron chi connectivity index (χ0n) is 11.5. The Morgan fingerprint density at radius 1 is 1.47 bits per heavy atom. The van der Waals surface area contributed by atoms with E-state index in [4.69, 9.17) is 0 Å². The van der Waals surface area contributed by atoms with Gasteiger partial charge in [-0.25, -0.2) is 8.42 Å². The smallest absolute Gasteiger partial charge is 0.178 e. The van der Waals surface area contributed by atoms with E-state index >= 15 is 0 Å². The SMILES string of the molecule is CCCC1CCC(O)C(n2cc(S(C)(=O)=O)cn2)C1. The predicted molar refractivity (Wildman–Crippen MR) is 72.6 cm³/mol. The Hall–Kier alpha value is -0.880. The van der Waals surface area contributed by atoms with Crippen molar-refractivity contribution in [3.8, 4) is 0 Å². The largest absolute Gasteiger partial charge is 0.391 e. The number of aromatic nitrogens is 2. The summed E-state index contributed by atoms with van der Waals surface area (Å²) in [5, 5.41) is 14.2. The van der Waals surface area contributed by atoms with Gasteiger partial charge in [0, 0.05) is 12.5 Å². The fourth-order valence-electron chi connectivity index (χ4n) is 2.86. The maximum Gasteiger partial charge on any atom is 0.178 e. The normalized spacial score (nSPS) is 28.5. The van der Waals surface area contributed by atoms with Crippen molar-refractivity contribution >= 4 is 9.84 Å². The second-order valence-electron chi connectivity index (χ2n) is 5.53. The van der Waals surface area contributed by atoms with E-state index < -0.39 is 15.9 Å². The first-order valence-corrected chi connectivity index (χ1v) is 8.73. The molecule has 0 spiro atoms. The van der Waals surface area contributed by atoms with Gasteiger partial charge in [-0.3, -0.25) is 4.68 Å². The van der Waals surface area contributed by atoms with Gasteiger partial charge >= 0.3 is 0 Å². The number of aliphatic hydroxyl groups excluding tert-OH is 1. The van der Waals surface area contributed by atoms with Gasteiger partial charge in [0.1, 0.15) is 4.90 Å². The van der Waals surface area contributed by atoms with Crippen LogP contribution in [0.5, 0.6) is 0 Å². The second kappa shape index (κ2) is 5.63. The van der Waals surface area contributed by atoms with Gasteiger partial charge in [0.2, 0.25) is 0 Å². The number of hydrogen-bond acceptors (Lipinski definition) is 4. The van der Waals surface area contributed by atoms with Gasteiger partial charge in [0.05, 0.1) is 18.3 Å². The van der Waals surface area contributed by atoms with E-state index in [1.807, 2.05) is 0 Å². The molecule has 1 N–H and O–H groups in total. The van der Waals surface area contributed by atoms with Crippen LogP contribution in [0.4, 0.5) is 0 Å². The van der Waals surface area contributed by atoms with E-state index in [-0.39, 0.29) is 10.9 Å². The molecule has 3 atom stereocenters. The van der Waals surface area contributed by atoms with Crippen LogP contribution in [0.2, 0.25) is 0 Å². The zero-order valence-corrected chi connectivity index (χ0v) is 12.3. The Morgan fingerprint density at radius 3 is 2.79 bits per heavy atom. The summed E-state index contributed by atoms with van der Waals surface area (Å²) < 4.78 is 24.6. The summed E-state index contributed by atoms with van der Waals surface area (Å²) in [6.45, 7) is 2.16. The molecule has 2 rings (SSSR count). The summed E-state index contributed by atoms with van der Waals surface area (Å²) in [5.74, 6) is 0.601. The quantitative estimate of drug-likeness (QED) is 0.916. The molecule has 0 aromatic carbocycles. The van der Waals surface area contributed by atoms with Crippen molar-refractivity contribution in [3.63, 3.8) is 0 Å². The third-order valence-electron chi connectivity index (χ3n) is 3.93. The van der Waals surface area contributed by atoms with Crippen molar-refractivity contribution in [1.82, 2.24) is 9.78 Å². The monoisotopic (exact) mass is 286 g/mol. The van der Waals surface area contributed by atoms with E-state index in [1.54, 1.807) is 4.68 Å². The van der Waals surface area contributed by atoms with Crippen LogP contribution in [-0.2, 0) is 9.84 Å². The molecular weight excluding hydrogens is 264 g/mol. The molecular formula is C13H22N2O3S. The molecule has 0 radical (unpaired) electrons. The molecule has 1 fully saturated rings. The highest BCUT2D eigenvalue weighted by Gasteiger charge is 2.31. The first-order chi connectivity index (χ1) is 8.91. The third kappa shape index (κ3) is 3.36. The molecule has 6 heteroatoms. The molecule has 1 aliphatic carbocycles. The average molecular weight is 286 g/mol. The molecule has 0 aliphatic heterocycles. The van der Waals surface area contributed by atoms with Gasteiger partial charge in [0.25, 0.3) is 0 Å². The molecule has 1 saturated carbocycles. The zero-order chi connectivity index (χ0) is 14.0. The Bertz CT molecular complexity index is 524. The van der Waals surface area contributed by atoms with Crippen LogP contribution in [0.25, 0.3) is 0 Å². The summed E-state index contributed by atoms with van der Waals surface area (Å²) in [6.07, 6.45) is 8.63. The topological polar surface area (TPSA) is 72.2 Å². The van der Waals surface area contributed by atoms with E-state index in [0.29, 0.717) is 5.92 Å². The van der Waals surface area contributed by atoms with Crippen LogP contribution in [0, 0.1) is 5.92 Å². The van der Waals surface area contributed by atoms with Crippen LogP contribution in [-0.4, -0.2) is 35.7 Å². The molecule has 1 aliphatic rings. The first-order valence-electron chi connectivity index (χ1n) is 6.84. The van der Waals surface area contributed by atoms with Gasteiger partial charge in [-0.05, 0) is 25.2 Å². The van der Waals surface area contributed by atoms with Crippen LogP contribution >= 0.6 is 0 Å². The predicted octanol–water partition coefficient (Wildman–Crippen LogP) is 1.79. The van der Waals surface area contributed by atoms with Crippen LogP contribution in [0.1, 0.15) is 45.1 Å². The van der Waals surface area contributed by atoms with Crippen LogP contribution in [0.3, 0.4) is 0 Å². The highest BCUT2D eigenvalue weighted by Crippen LogP contribution is 2.35. The molecule has 5 nitrogen and oxygen atoms in total. The van der Waals surface area contributed by atoms with E-state index in [1.165, 1.54) is 18.6 Å². The summed E-state index contributed by atoms with van der Waals surface area (Å²) in [4.78, 5) is 0.220. The Balaban J connectivity index is 2.17. The first kappa shape index (κ1) is 14.5. The number of rotatable bonds is 4. The summed E-state index contributed by atoms with van der Waals surface area (Å²) in [7, 11) is -3.23. The highest BCUT2D eigenvalue weighted by atomic mass is 32.2. The molecule has 108 valence electrons. The van der Waals surface area contributed by atoms with Gasteiger partial charge in [-0.1, -0.05) is 19.8 Å². The van der Waals surface area contributed by atoms with E-state index in [0.717, 1.165) is 32.1 Å². The van der Waals surface area contributed by atoms with Crippen molar-refractivity contribution in [1.29, 1.82) is 0 Å². The standard InChI is InChI=1S/C13H22N2O3S/c1-3-4-10-5-6-13(16)12(7-10)15-9-11(8-14-15)19(2,17)18/h8-10,12-13,16H,3-7H2,1-2H3. The molecule has 1 aromatic heterocycles. The molecule has 19 heavy (non-hydrogen) atoms. The fourth-order valence-corrected chi connectivity index (χ4v) is 3.40. The van der Waals surface area contributed by atoms with Crippen LogP contribution < -0.4 is 0 Å². The van der Waals surface area contributed by atoms with Crippen molar-refractivity contribution in [3.05, 3.63) is 12.4 Å². The van der Waals surface area contributed by atoms with Crippen molar-refractivity contribution in [2.45, 2.75) is 56.1 Å². The Labute approximate surface area is 114 Å². The molecule has 0 saturated heterocycles. The minimum atomic E-state index is -3.23. The lowest BCUT2D eigenvalue weighted by atomic mass is 9.81. The second-order valence-corrected chi connectivity index (χ2v) is 7.55. The molecule has 1 aromatic rings. The van der Waals surface area contributed by atoms with Crippen molar-refractivity contribution < 1.29 is 13.5 Å². The summed E-state index contributed by atoms with van der Waals surface area (Å²) >= 11 is 0. The highest BCUT2D eigenvalue weighted by molar-refractivity contribution is 7.90. The lowest BCUT2D eigenvalue weighted by Crippen LogP contribution is -2.31. The van der Waals surface area contributed by atoms with Gasteiger partial charge in [0.15, 0.2) is 9.84 Å². The van der Waals surface area contributed by atoms with Gasteiger partial charge in [-0.15, -0.1) is 0 Å². The maximum atomic E-state index is 11.5. The molecule has 0 amide bonds. The average Bonchev–Trinajstić information content (AvgIpc) is 2.81. The maximum absolute atomic E-state index is 11.5. The Morgan fingerprint density at radius 2 is 2.21 bits per heavy atom. The minimum Gasteiger partial charge on any atom is -0.391 e. The van der Waals surface area contributed by atoms with Crippen molar-refractivity contribution in [2.75, 3.05) is 6.26 Å². The fraction of sp³-hybridized carbons (Fsp3) is 0.769. The molecule has 3 unspecified atom stereocenters. The van der Waals surface area contributed by atoms with Crippen molar-refractivity contribution in [2.24, 2.45) is 5.92 Å². The van der Waals surface area contributed by atoms with E-state index in [2.05, 4.69) is 12.0 Å². The molecule has 0 bridgehead atoms. The number of nitrogens with zero attached hydrogens (tertiary/aromatic N) is 2. The van der Waals surface area contributed by atoms with Gasteiger partial charge in [-0.2, -0.15) is 5.10 Å².